The van der Waals surface area contributed by atoms with Gasteiger partial charge in [-0.05, 0) is 48.4 Å². The van der Waals surface area contributed by atoms with Crippen LogP contribution in [-0.2, 0) is 6.54 Å². The first-order chi connectivity index (χ1) is 9.47. The van der Waals surface area contributed by atoms with Crippen LogP contribution in [0, 0.1) is 12.7 Å². The quantitative estimate of drug-likeness (QED) is 0.927. The molecule has 2 aromatic rings. The summed E-state index contributed by atoms with van der Waals surface area (Å²) in [6, 6.07) is 11.6. The molecule has 0 atom stereocenters. The summed E-state index contributed by atoms with van der Waals surface area (Å²) in [6.45, 7) is 2.32. The van der Waals surface area contributed by atoms with Gasteiger partial charge in [0.05, 0.1) is 5.56 Å². The number of nitrogens with zero attached hydrogens (tertiary/aromatic N) is 1. The van der Waals surface area contributed by atoms with Crippen molar-refractivity contribution >= 4 is 11.7 Å². The molecule has 2 rings (SSSR count). The zero-order valence-corrected chi connectivity index (χ0v) is 11.4. The summed E-state index contributed by atoms with van der Waals surface area (Å²) < 4.78 is 13.3. The highest BCUT2D eigenvalue weighted by Crippen LogP contribution is 2.19. The Bertz CT molecular complexity index is 640. The third-order valence-electron chi connectivity index (χ3n) is 3.15. The van der Waals surface area contributed by atoms with Gasteiger partial charge in [0.25, 0.3) is 0 Å². The third-order valence-corrected chi connectivity index (χ3v) is 3.15. The van der Waals surface area contributed by atoms with Crippen molar-refractivity contribution in [3.8, 4) is 0 Å². The van der Waals surface area contributed by atoms with Crippen molar-refractivity contribution < 1.29 is 14.3 Å². The number of aryl methyl sites for hydroxylation is 1. The monoisotopic (exact) mass is 273 g/mol. The van der Waals surface area contributed by atoms with Gasteiger partial charge < -0.3 is 10.0 Å². The van der Waals surface area contributed by atoms with E-state index in [9.17, 15) is 9.18 Å². The molecule has 0 aromatic heterocycles. The van der Waals surface area contributed by atoms with Crippen molar-refractivity contribution in [1.82, 2.24) is 0 Å². The zero-order chi connectivity index (χ0) is 14.7. The van der Waals surface area contributed by atoms with Gasteiger partial charge in [-0.1, -0.05) is 12.1 Å². The van der Waals surface area contributed by atoms with E-state index in [1.54, 1.807) is 0 Å². The molecule has 0 radical (unpaired) electrons. The highest BCUT2D eigenvalue weighted by atomic mass is 19.1. The van der Waals surface area contributed by atoms with E-state index >= 15 is 0 Å². The lowest BCUT2D eigenvalue weighted by Gasteiger charge is -2.21. The lowest BCUT2D eigenvalue weighted by Crippen LogP contribution is -2.18. The third kappa shape index (κ3) is 3.15. The van der Waals surface area contributed by atoms with E-state index < -0.39 is 11.8 Å². The van der Waals surface area contributed by atoms with Crippen LogP contribution in [0.3, 0.4) is 0 Å². The Labute approximate surface area is 117 Å². The Balaban J connectivity index is 2.29. The van der Waals surface area contributed by atoms with Crippen molar-refractivity contribution in [1.29, 1.82) is 0 Å². The van der Waals surface area contributed by atoms with Crippen LogP contribution in [0.2, 0.25) is 0 Å². The number of hydrogen-bond acceptors (Lipinski definition) is 2. The second kappa shape index (κ2) is 5.74. The fourth-order valence-corrected chi connectivity index (χ4v) is 2.11. The highest BCUT2D eigenvalue weighted by Gasteiger charge is 2.13. The molecule has 0 unspecified atom stereocenters. The lowest BCUT2D eigenvalue weighted by molar-refractivity contribution is 0.0695. The van der Waals surface area contributed by atoms with Crippen LogP contribution < -0.4 is 4.90 Å². The molecule has 104 valence electrons. The summed E-state index contributed by atoms with van der Waals surface area (Å²) in [5.41, 5.74) is 2.67. The van der Waals surface area contributed by atoms with Gasteiger partial charge in [-0.3, -0.25) is 0 Å². The minimum absolute atomic E-state index is 0.130. The standard InChI is InChI=1S/C16H16FNO2/c1-11-4-3-5-14(8-11)18(2)10-12-9-13(17)6-7-15(12)16(19)20/h3-9H,10H2,1-2H3,(H,19,20). The zero-order valence-electron chi connectivity index (χ0n) is 11.4. The van der Waals surface area contributed by atoms with Crippen molar-refractivity contribution in [2.45, 2.75) is 13.5 Å². The normalized spacial score (nSPS) is 10.3. The number of carboxylic acids is 1. The molecule has 0 heterocycles. The van der Waals surface area contributed by atoms with Crippen molar-refractivity contribution in [3.05, 3.63) is 65.0 Å². The first-order valence-corrected chi connectivity index (χ1v) is 6.27. The average Bonchev–Trinajstić information content (AvgIpc) is 2.38. The summed E-state index contributed by atoms with van der Waals surface area (Å²) in [5, 5.41) is 9.14. The number of benzene rings is 2. The van der Waals surface area contributed by atoms with Gasteiger partial charge in [0.15, 0.2) is 0 Å². The SMILES string of the molecule is Cc1cccc(N(C)Cc2cc(F)ccc2C(=O)O)c1. The molecule has 1 N–H and O–H groups in total. The molecule has 2 aromatic carbocycles. The summed E-state index contributed by atoms with van der Waals surface area (Å²) in [4.78, 5) is 13.1. The first kappa shape index (κ1) is 14.1. The predicted molar refractivity (Wildman–Crippen MR) is 76.6 cm³/mol. The first-order valence-electron chi connectivity index (χ1n) is 6.27. The van der Waals surface area contributed by atoms with Crippen LogP contribution in [0.25, 0.3) is 0 Å². The second-order valence-corrected chi connectivity index (χ2v) is 4.80. The second-order valence-electron chi connectivity index (χ2n) is 4.80. The fourth-order valence-electron chi connectivity index (χ4n) is 2.11. The van der Waals surface area contributed by atoms with E-state index in [-0.39, 0.29) is 5.56 Å². The molecular formula is C16H16FNO2. The number of hydrogen-bond donors (Lipinski definition) is 1. The summed E-state index contributed by atoms with van der Waals surface area (Å²) >= 11 is 0. The minimum Gasteiger partial charge on any atom is -0.478 e. The molecule has 0 fully saturated rings. The number of halogens is 1. The molecule has 0 aliphatic carbocycles. The Hall–Kier alpha value is -2.36. The van der Waals surface area contributed by atoms with E-state index in [0.717, 1.165) is 11.3 Å². The van der Waals surface area contributed by atoms with E-state index in [2.05, 4.69) is 0 Å². The maximum absolute atomic E-state index is 13.3. The molecule has 3 nitrogen and oxygen atoms in total. The minimum atomic E-state index is -1.04. The largest absolute Gasteiger partial charge is 0.478 e. The van der Waals surface area contributed by atoms with E-state index in [1.807, 2.05) is 43.1 Å². The molecular weight excluding hydrogens is 257 g/mol. The number of anilines is 1. The van der Waals surface area contributed by atoms with Gasteiger partial charge >= 0.3 is 5.97 Å². The number of carboxylic acid groups (broad SMARTS) is 1. The lowest BCUT2D eigenvalue weighted by atomic mass is 10.1. The van der Waals surface area contributed by atoms with Gasteiger partial charge in [-0.15, -0.1) is 0 Å². The molecule has 0 saturated heterocycles. The molecule has 0 aliphatic rings. The summed E-state index contributed by atoms with van der Waals surface area (Å²) in [7, 11) is 1.85. The Kier molecular flexibility index (Phi) is 4.03. The van der Waals surface area contributed by atoms with Crippen LogP contribution in [-0.4, -0.2) is 18.1 Å². The molecule has 0 aliphatic heterocycles. The van der Waals surface area contributed by atoms with E-state index in [0.29, 0.717) is 12.1 Å². The Morgan fingerprint density at radius 1 is 1.25 bits per heavy atom. The summed E-state index contributed by atoms with van der Waals surface area (Å²) in [6.07, 6.45) is 0. The predicted octanol–water partition coefficient (Wildman–Crippen LogP) is 3.47. The van der Waals surface area contributed by atoms with Crippen molar-refractivity contribution in [2.75, 3.05) is 11.9 Å². The number of aromatic carboxylic acids is 1. The van der Waals surface area contributed by atoms with Crippen LogP contribution in [0.15, 0.2) is 42.5 Å². The smallest absolute Gasteiger partial charge is 0.336 e. The molecule has 0 spiro atoms. The van der Waals surface area contributed by atoms with Gasteiger partial charge in [0.1, 0.15) is 5.82 Å². The van der Waals surface area contributed by atoms with Crippen molar-refractivity contribution in [2.24, 2.45) is 0 Å². The maximum Gasteiger partial charge on any atom is 0.336 e. The maximum atomic E-state index is 13.3. The van der Waals surface area contributed by atoms with Crippen LogP contribution in [0.4, 0.5) is 10.1 Å². The van der Waals surface area contributed by atoms with E-state index in [1.165, 1.54) is 18.2 Å². The molecule has 20 heavy (non-hydrogen) atoms. The highest BCUT2D eigenvalue weighted by molar-refractivity contribution is 5.89. The molecule has 0 saturated carbocycles. The van der Waals surface area contributed by atoms with E-state index in [4.69, 9.17) is 5.11 Å². The topological polar surface area (TPSA) is 40.5 Å². The average molecular weight is 273 g/mol. The Morgan fingerprint density at radius 3 is 2.65 bits per heavy atom. The summed E-state index contributed by atoms with van der Waals surface area (Å²) in [5.74, 6) is -1.47. The molecule has 4 heteroatoms. The molecule has 0 amide bonds. The van der Waals surface area contributed by atoms with Gasteiger partial charge in [0, 0.05) is 19.3 Å². The van der Waals surface area contributed by atoms with Crippen LogP contribution >= 0.6 is 0 Å². The molecule has 0 bridgehead atoms. The number of carbonyl (C=O) groups is 1. The van der Waals surface area contributed by atoms with Crippen LogP contribution in [0.5, 0.6) is 0 Å². The van der Waals surface area contributed by atoms with Crippen LogP contribution in [0.1, 0.15) is 21.5 Å². The fraction of sp³-hybridized carbons (Fsp3) is 0.188. The number of rotatable bonds is 4. The van der Waals surface area contributed by atoms with Crippen molar-refractivity contribution in [3.63, 3.8) is 0 Å². The van der Waals surface area contributed by atoms with Gasteiger partial charge in [0.2, 0.25) is 0 Å². The van der Waals surface area contributed by atoms with Gasteiger partial charge in [-0.25, -0.2) is 9.18 Å². The Morgan fingerprint density at radius 2 is 2.00 bits per heavy atom. The van der Waals surface area contributed by atoms with Gasteiger partial charge in [-0.2, -0.15) is 0 Å².